The van der Waals surface area contributed by atoms with Gasteiger partial charge in [-0.3, -0.25) is 4.79 Å². The molecular weight excluding hydrogens is 320 g/mol. The first-order valence-electron chi connectivity index (χ1n) is 7.06. The lowest BCUT2D eigenvalue weighted by Crippen LogP contribution is -2.42. The summed E-state index contributed by atoms with van der Waals surface area (Å²) < 4.78 is 24.7. The highest BCUT2D eigenvalue weighted by atomic mass is 32.2. The number of hydrogen-bond donors (Lipinski definition) is 1. The van der Waals surface area contributed by atoms with Crippen LogP contribution in [0.25, 0.3) is 0 Å². The molecule has 2 fully saturated rings. The number of carboxylic acid groups (broad SMARTS) is 1. The Balaban J connectivity index is 1.94. The lowest BCUT2D eigenvalue weighted by atomic mass is 9.81. The van der Waals surface area contributed by atoms with E-state index in [-0.39, 0.29) is 25.6 Å². The van der Waals surface area contributed by atoms with Gasteiger partial charge in [0.1, 0.15) is 17.3 Å². The van der Waals surface area contributed by atoms with Crippen LogP contribution in [0.2, 0.25) is 0 Å². The maximum absolute atomic E-state index is 11.9. The van der Waals surface area contributed by atoms with Crippen molar-refractivity contribution < 1.29 is 18.3 Å². The van der Waals surface area contributed by atoms with Gasteiger partial charge in [-0.05, 0) is 12.1 Å². The van der Waals surface area contributed by atoms with E-state index in [1.54, 1.807) is 23.2 Å². The molecule has 1 aromatic rings. The van der Waals surface area contributed by atoms with Gasteiger partial charge in [0.2, 0.25) is 10.0 Å². The highest BCUT2D eigenvalue weighted by molar-refractivity contribution is 7.88. The Hall–Kier alpha value is -2.18. The molecule has 8 nitrogen and oxygen atoms in total. The van der Waals surface area contributed by atoms with Crippen molar-refractivity contribution in [3.63, 3.8) is 0 Å². The van der Waals surface area contributed by atoms with Gasteiger partial charge in [-0.15, -0.1) is 0 Å². The van der Waals surface area contributed by atoms with Gasteiger partial charge in [0.15, 0.2) is 0 Å². The van der Waals surface area contributed by atoms with Crippen LogP contribution in [-0.2, 0) is 14.8 Å². The van der Waals surface area contributed by atoms with E-state index in [2.05, 4.69) is 11.1 Å². The molecule has 0 aliphatic carbocycles. The maximum Gasteiger partial charge on any atom is 0.313 e. The van der Waals surface area contributed by atoms with Crippen molar-refractivity contribution in [2.45, 2.75) is 0 Å². The summed E-state index contributed by atoms with van der Waals surface area (Å²) in [5.74, 6) is -0.884. The topological polar surface area (TPSA) is 115 Å². The third-order valence-corrected chi connectivity index (χ3v) is 5.90. The normalized spacial score (nSPS) is 27.7. The fraction of sp³-hybridized carbons (Fsp3) is 0.500. The van der Waals surface area contributed by atoms with E-state index >= 15 is 0 Å². The average molecular weight is 336 g/mol. The summed E-state index contributed by atoms with van der Waals surface area (Å²) in [6.45, 7) is 0.641. The van der Waals surface area contributed by atoms with Gasteiger partial charge in [0.05, 0.1) is 11.8 Å². The molecular formula is C14H16N4O4S. The molecule has 9 heteroatoms. The number of hydrogen-bond acceptors (Lipinski definition) is 6. The number of sulfonamides is 1. The molecule has 0 saturated carbocycles. The lowest BCUT2D eigenvalue weighted by Gasteiger charge is -2.25. The van der Waals surface area contributed by atoms with Crippen molar-refractivity contribution in [1.29, 1.82) is 5.26 Å². The first-order valence-corrected chi connectivity index (χ1v) is 8.91. The zero-order valence-corrected chi connectivity index (χ0v) is 13.3. The molecule has 0 bridgehead atoms. The second kappa shape index (κ2) is 5.18. The zero-order valence-electron chi connectivity index (χ0n) is 12.5. The molecule has 0 unspecified atom stereocenters. The Labute approximate surface area is 134 Å². The van der Waals surface area contributed by atoms with Crippen molar-refractivity contribution in [3.8, 4) is 6.07 Å². The van der Waals surface area contributed by atoms with Crippen LogP contribution in [0.15, 0.2) is 18.3 Å². The van der Waals surface area contributed by atoms with Crippen molar-refractivity contribution >= 4 is 21.8 Å². The van der Waals surface area contributed by atoms with Crippen LogP contribution in [0.1, 0.15) is 5.56 Å². The fourth-order valence-electron chi connectivity index (χ4n) is 3.47. The van der Waals surface area contributed by atoms with E-state index in [4.69, 9.17) is 0 Å². The minimum absolute atomic E-state index is 0.0446. The van der Waals surface area contributed by atoms with Gasteiger partial charge in [-0.25, -0.2) is 17.7 Å². The molecule has 2 aliphatic heterocycles. The molecule has 1 N–H and O–H groups in total. The summed E-state index contributed by atoms with van der Waals surface area (Å²) in [4.78, 5) is 17.8. The van der Waals surface area contributed by atoms with Crippen molar-refractivity contribution in [1.82, 2.24) is 9.29 Å². The fourth-order valence-corrected chi connectivity index (χ4v) is 4.39. The van der Waals surface area contributed by atoms with Crippen molar-refractivity contribution in [2.24, 2.45) is 11.3 Å². The number of carbonyl (C=O) groups is 1. The Bertz CT molecular complexity index is 803. The minimum atomic E-state index is -3.43. The standard InChI is InChI=1S/C14H16N4O4S/c1-23(21,22)18-7-11-6-17(8-14(11,9-18)13(19)20)12-10(5-15)3-2-4-16-12/h2-4,11H,6-9H2,1H3,(H,19,20)/t11-,14-/m0/s1. The Morgan fingerprint density at radius 3 is 2.78 bits per heavy atom. The monoisotopic (exact) mass is 336 g/mol. The molecule has 3 rings (SSSR count). The molecule has 1 aromatic heterocycles. The first-order chi connectivity index (χ1) is 10.8. The number of fused-ring (bicyclic) bond motifs is 1. The Morgan fingerprint density at radius 2 is 2.22 bits per heavy atom. The van der Waals surface area contributed by atoms with E-state index < -0.39 is 21.4 Å². The number of rotatable bonds is 3. The Morgan fingerprint density at radius 1 is 1.48 bits per heavy atom. The molecule has 0 aromatic carbocycles. The van der Waals surface area contributed by atoms with Gasteiger partial charge in [-0.1, -0.05) is 0 Å². The molecule has 122 valence electrons. The smallest absolute Gasteiger partial charge is 0.313 e. The van der Waals surface area contributed by atoms with Crippen LogP contribution in [-0.4, -0.2) is 61.2 Å². The van der Waals surface area contributed by atoms with E-state index in [1.165, 1.54) is 4.31 Å². The number of pyridine rings is 1. The number of nitrogens with zero attached hydrogens (tertiary/aromatic N) is 4. The second-order valence-electron chi connectivity index (χ2n) is 6.08. The van der Waals surface area contributed by atoms with Crippen LogP contribution in [0.3, 0.4) is 0 Å². The highest BCUT2D eigenvalue weighted by Crippen LogP contribution is 2.45. The SMILES string of the molecule is CS(=O)(=O)N1C[C@@H]2CN(c3ncccc3C#N)C[C@]2(C(=O)O)C1. The summed E-state index contributed by atoms with van der Waals surface area (Å²) in [7, 11) is -3.43. The number of aromatic nitrogens is 1. The maximum atomic E-state index is 11.9. The highest BCUT2D eigenvalue weighted by Gasteiger charge is 2.59. The van der Waals surface area contributed by atoms with Crippen molar-refractivity contribution in [3.05, 3.63) is 23.9 Å². The largest absolute Gasteiger partial charge is 0.481 e. The average Bonchev–Trinajstić information content (AvgIpc) is 3.01. The van der Waals surface area contributed by atoms with Gasteiger partial charge in [0, 0.05) is 38.3 Å². The summed E-state index contributed by atoms with van der Waals surface area (Å²) >= 11 is 0. The molecule has 23 heavy (non-hydrogen) atoms. The second-order valence-corrected chi connectivity index (χ2v) is 8.06. The zero-order chi connectivity index (χ0) is 16.8. The predicted octanol–water partition coefficient (Wildman–Crippen LogP) is -0.264. The summed E-state index contributed by atoms with van der Waals surface area (Å²) in [5, 5.41) is 18.9. The third kappa shape index (κ3) is 2.44. The molecule has 0 radical (unpaired) electrons. The van der Waals surface area contributed by atoms with E-state index in [9.17, 15) is 23.6 Å². The van der Waals surface area contributed by atoms with Gasteiger partial charge in [0.25, 0.3) is 0 Å². The molecule has 3 heterocycles. The molecule has 0 spiro atoms. The summed E-state index contributed by atoms with van der Waals surface area (Å²) in [5.41, 5.74) is -0.777. The molecule has 2 atom stereocenters. The van der Waals surface area contributed by atoms with E-state index in [0.29, 0.717) is 17.9 Å². The van der Waals surface area contributed by atoms with Gasteiger partial charge >= 0.3 is 5.97 Å². The van der Waals surface area contributed by atoms with E-state index in [0.717, 1.165) is 6.26 Å². The van der Waals surface area contributed by atoms with Crippen LogP contribution in [0.5, 0.6) is 0 Å². The minimum Gasteiger partial charge on any atom is -0.481 e. The number of anilines is 1. The lowest BCUT2D eigenvalue weighted by molar-refractivity contribution is -0.148. The Kier molecular flexibility index (Phi) is 3.54. The summed E-state index contributed by atoms with van der Waals surface area (Å²) in [6, 6.07) is 5.34. The van der Waals surface area contributed by atoms with Crippen LogP contribution in [0, 0.1) is 22.7 Å². The van der Waals surface area contributed by atoms with Gasteiger partial charge < -0.3 is 10.0 Å². The van der Waals surface area contributed by atoms with Crippen LogP contribution >= 0.6 is 0 Å². The summed E-state index contributed by atoms with van der Waals surface area (Å²) in [6.07, 6.45) is 2.65. The van der Waals surface area contributed by atoms with Gasteiger partial charge in [-0.2, -0.15) is 5.26 Å². The number of nitriles is 1. The predicted molar refractivity (Wildman–Crippen MR) is 81.1 cm³/mol. The number of carboxylic acids is 1. The quantitative estimate of drug-likeness (QED) is 0.808. The third-order valence-electron chi connectivity index (χ3n) is 4.68. The molecule has 2 saturated heterocycles. The molecule has 0 amide bonds. The van der Waals surface area contributed by atoms with Crippen molar-refractivity contribution in [2.75, 3.05) is 37.3 Å². The van der Waals surface area contributed by atoms with Crippen LogP contribution in [0.4, 0.5) is 5.82 Å². The first kappa shape index (κ1) is 15.7. The van der Waals surface area contributed by atoms with Crippen LogP contribution < -0.4 is 4.90 Å². The molecule has 2 aliphatic rings. The van der Waals surface area contributed by atoms with E-state index in [1.807, 2.05) is 0 Å². The number of aliphatic carboxylic acids is 1.